The van der Waals surface area contributed by atoms with Gasteiger partial charge in [0.25, 0.3) is 0 Å². The first kappa shape index (κ1) is 15.6. The van der Waals surface area contributed by atoms with Gasteiger partial charge in [-0.25, -0.2) is 0 Å². The summed E-state index contributed by atoms with van der Waals surface area (Å²) < 4.78 is 11.1. The minimum Gasteiger partial charge on any atom is -0.493 e. The Morgan fingerprint density at radius 2 is 1.87 bits per heavy atom. The molecular weight excluding hydrogens is 290 g/mol. The third kappa shape index (κ3) is 3.54. The molecule has 1 unspecified atom stereocenters. The first-order valence-electron chi connectivity index (χ1n) is 7.89. The monoisotopic (exact) mass is 311 g/mol. The molecule has 4 nitrogen and oxygen atoms in total. The van der Waals surface area contributed by atoms with Gasteiger partial charge in [-0.3, -0.25) is 4.79 Å². The summed E-state index contributed by atoms with van der Waals surface area (Å²) in [5.74, 6) is 0.877. The van der Waals surface area contributed by atoms with E-state index in [0.717, 1.165) is 23.4 Å². The highest BCUT2D eigenvalue weighted by molar-refractivity contribution is 5.94. The number of ether oxygens (including phenoxy) is 2. The van der Waals surface area contributed by atoms with E-state index in [0.29, 0.717) is 19.6 Å². The largest absolute Gasteiger partial charge is 0.493 e. The second kappa shape index (κ2) is 7.29. The molecule has 1 atom stereocenters. The van der Waals surface area contributed by atoms with E-state index in [1.54, 1.807) is 7.11 Å². The highest BCUT2D eigenvalue weighted by Gasteiger charge is 2.27. The molecule has 0 N–H and O–H groups in total. The lowest BCUT2D eigenvalue weighted by molar-refractivity contribution is -0.119. The van der Waals surface area contributed by atoms with E-state index < -0.39 is 0 Å². The maximum atomic E-state index is 12.6. The zero-order valence-electron chi connectivity index (χ0n) is 13.3. The number of hydrogen-bond donors (Lipinski definition) is 0. The van der Waals surface area contributed by atoms with E-state index in [1.807, 2.05) is 59.5 Å². The zero-order chi connectivity index (χ0) is 16.1. The van der Waals surface area contributed by atoms with Crippen LogP contribution in [0.2, 0.25) is 0 Å². The highest BCUT2D eigenvalue weighted by Crippen LogP contribution is 2.35. The Bertz CT molecular complexity index is 657. The van der Waals surface area contributed by atoms with Crippen LogP contribution in [0.4, 0.5) is 5.69 Å². The van der Waals surface area contributed by atoms with Gasteiger partial charge in [-0.05, 0) is 24.6 Å². The summed E-state index contributed by atoms with van der Waals surface area (Å²) in [5.41, 5.74) is 2.04. The molecule has 1 aliphatic rings. The number of hydrogen-bond acceptors (Lipinski definition) is 3. The lowest BCUT2D eigenvalue weighted by Gasteiger charge is -2.33. The van der Waals surface area contributed by atoms with Gasteiger partial charge in [0.1, 0.15) is 5.75 Å². The van der Waals surface area contributed by atoms with Gasteiger partial charge >= 0.3 is 0 Å². The van der Waals surface area contributed by atoms with E-state index >= 15 is 0 Å². The van der Waals surface area contributed by atoms with Gasteiger partial charge < -0.3 is 14.4 Å². The standard InChI is InChI=1S/C19H21NO3/c1-22-18-11-13-20(17-10-6-5-9-16(17)18)19(21)12-14-23-15-7-3-2-4-8-15/h2-10,18H,11-14H2,1H3. The molecule has 120 valence electrons. The van der Waals surface area contributed by atoms with Crippen molar-refractivity contribution in [2.75, 3.05) is 25.2 Å². The van der Waals surface area contributed by atoms with Crippen LogP contribution in [0.3, 0.4) is 0 Å². The molecule has 3 rings (SSSR count). The van der Waals surface area contributed by atoms with E-state index in [4.69, 9.17) is 9.47 Å². The summed E-state index contributed by atoms with van der Waals surface area (Å²) in [5, 5.41) is 0. The number of amides is 1. The van der Waals surface area contributed by atoms with Gasteiger partial charge in [-0.15, -0.1) is 0 Å². The fourth-order valence-corrected chi connectivity index (χ4v) is 2.94. The minimum absolute atomic E-state index is 0.0656. The lowest BCUT2D eigenvalue weighted by atomic mass is 9.98. The normalized spacial score (nSPS) is 16.7. The van der Waals surface area contributed by atoms with Gasteiger partial charge in [-0.1, -0.05) is 36.4 Å². The number of benzene rings is 2. The van der Waals surface area contributed by atoms with Crippen molar-refractivity contribution in [1.29, 1.82) is 0 Å². The van der Waals surface area contributed by atoms with E-state index in [1.165, 1.54) is 0 Å². The Labute approximate surface area is 136 Å². The van der Waals surface area contributed by atoms with Crippen LogP contribution in [0.25, 0.3) is 0 Å². The van der Waals surface area contributed by atoms with Crippen LogP contribution in [0.5, 0.6) is 5.75 Å². The Hall–Kier alpha value is -2.33. The van der Waals surface area contributed by atoms with Crippen LogP contribution in [0.15, 0.2) is 54.6 Å². The molecule has 0 radical (unpaired) electrons. The lowest BCUT2D eigenvalue weighted by Crippen LogP contribution is -2.37. The molecule has 0 bridgehead atoms. The number of para-hydroxylation sites is 2. The number of fused-ring (bicyclic) bond motifs is 1. The predicted molar refractivity (Wildman–Crippen MR) is 89.7 cm³/mol. The number of nitrogens with zero attached hydrogens (tertiary/aromatic N) is 1. The Kier molecular flexibility index (Phi) is 4.93. The van der Waals surface area contributed by atoms with E-state index in [-0.39, 0.29) is 12.0 Å². The molecule has 1 aliphatic heterocycles. The van der Waals surface area contributed by atoms with Crippen LogP contribution in [0.1, 0.15) is 24.5 Å². The summed E-state index contributed by atoms with van der Waals surface area (Å²) in [7, 11) is 1.71. The molecule has 2 aromatic carbocycles. The number of methoxy groups -OCH3 is 1. The van der Waals surface area contributed by atoms with E-state index in [2.05, 4.69) is 0 Å². The SMILES string of the molecule is COC1CCN(C(=O)CCOc2ccccc2)c2ccccc21. The van der Waals surface area contributed by atoms with Crippen molar-refractivity contribution < 1.29 is 14.3 Å². The molecule has 4 heteroatoms. The van der Waals surface area contributed by atoms with Crippen molar-refractivity contribution in [2.45, 2.75) is 18.9 Å². The van der Waals surface area contributed by atoms with Crippen molar-refractivity contribution >= 4 is 11.6 Å². The van der Waals surface area contributed by atoms with Gasteiger partial charge in [0, 0.05) is 24.9 Å². The Morgan fingerprint density at radius 1 is 1.13 bits per heavy atom. The molecule has 0 spiro atoms. The maximum Gasteiger partial charge on any atom is 0.230 e. The van der Waals surface area contributed by atoms with Crippen molar-refractivity contribution in [3.8, 4) is 5.75 Å². The smallest absolute Gasteiger partial charge is 0.230 e. The number of rotatable bonds is 5. The molecule has 0 aliphatic carbocycles. The van der Waals surface area contributed by atoms with Gasteiger partial charge in [-0.2, -0.15) is 0 Å². The fourth-order valence-electron chi connectivity index (χ4n) is 2.94. The topological polar surface area (TPSA) is 38.8 Å². The molecule has 23 heavy (non-hydrogen) atoms. The van der Waals surface area contributed by atoms with Crippen LogP contribution in [-0.4, -0.2) is 26.2 Å². The third-order valence-corrected chi connectivity index (χ3v) is 4.10. The molecule has 0 saturated carbocycles. The molecule has 0 saturated heterocycles. The van der Waals surface area contributed by atoms with Crippen molar-refractivity contribution in [2.24, 2.45) is 0 Å². The Morgan fingerprint density at radius 3 is 2.65 bits per heavy atom. The van der Waals surface area contributed by atoms with Crippen LogP contribution in [0, 0.1) is 0 Å². The van der Waals surface area contributed by atoms with Crippen molar-refractivity contribution in [3.05, 3.63) is 60.2 Å². The van der Waals surface area contributed by atoms with Crippen molar-refractivity contribution in [3.63, 3.8) is 0 Å². The maximum absolute atomic E-state index is 12.6. The summed E-state index contributed by atoms with van der Waals surface area (Å²) in [6, 6.07) is 17.5. The third-order valence-electron chi connectivity index (χ3n) is 4.10. The molecule has 0 fully saturated rings. The van der Waals surface area contributed by atoms with E-state index in [9.17, 15) is 4.79 Å². The van der Waals surface area contributed by atoms with Crippen molar-refractivity contribution in [1.82, 2.24) is 0 Å². The fraction of sp³-hybridized carbons (Fsp3) is 0.316. The zero-order valence-corrected chi connectivity index (χ0v) is 13.3. The summed E-state index contributed by atoms with van der Waals surface area (Å²) in [6.45, 7) is 1.06. The molecule has 1 amide bonds. The summed E-state index contributed by atoms with van der Waals surface area (Å²) in [4.78, 5) is 14.4. The number of anilines is 1. The predicted octanol–water partition coefficient (Wildman–Crippen LogP) is 3.58. The first-order valence-corrected chi connectivity index (χ1v) is 7.89. The second-order valence-electron chi connectivity index (χ2n) is 5.53. The second-order valence-corrected chi connectivity index (χ2v) is 5.53. The van der Waals surface area contributed by atoms with Gasteiger partial charge in [0.05, 0.1) is 19.1 Å². The average molecular weight is 311 g/mol. The molecular formula is C19H21NO3. The summed E-state index contributed by atoms with van der Waals surface area (Å²) in [6.07, 6.45) is 1.25. The molecule has 2 aromatic rings. The minimum atomic E-state index is 0.0656. The van der Waals surface area contributed by atoms with Crippen LogP contribution >= 0.6 is 0 Å². The van der Waals surface area contributed by atoms with Crippen LogP contribution < -0.4 is 9.64 Å². The summed E-state index contributed by atoms with van der Waals surface area (Å²) >= 11 is 0. The van der Waals surface area contributed by atoms with Crippen LogP contribution in [-0.2, 0) is 9.53 Å². The number of carbonyl (C=O) groups excluding carboxylic acids is 1. The molecule has 0 aromatic heterocycles. The van der Waals surface area contributed by atoms with Gasteiger partial charge in [0.2, 0.25) is 5.91 Å². The number of carbonyl (C=O) groups is 1. The van der Waals surface area contributed by atoms with Gasteiger partial charge in [0.15, 0.2) is 0 Å². The first-order chi connectivity index (χ1) is 11.3. The molecule has 1 heterocycles. The Balaban J connectivity index is 1.64. The average Bonchev–Trinajstić information content (AvgIpc) is 2.61. The highest BCUT2D eigenvalue weighted by atomic mass is 16.5. The quantitative estimate of drug-likeness (QED) is 0.847.